The van der Waals surface area contributed by atoms with E-state index >= 15 is 0 Å². The molecule has 2 unspecified atom stereocenters. The fraction of sp³-hybridized carbons (Fsp3) is 0.611. The van der Waals surface area contributed by atoms with Gasteiger partial charge in [0, 0.05) is 32.7 Å². The smallest absolute Gasteiger partial charge is 0.383 e. The number of rotatable bonds is 7. The van der Waals surface area contributed by atoms with Gasteiger partial charge in [-0.2, -0.15) is 13.2 Å². The summed E-state index contributed by atoms with van der Waals surface area (Å²) in [6, 6.07) is 4.51. The van der Waals surface area contributed by atoms with Crippen LogP contribution in [0.25, 0.3) is 0 Å². The number of ether oxygens (including phenoxy) is 2. The molecule has 1 aliphatic heterocycles. The highest BCUT2D eigenvalue weighted by atomic mass is 35.5. The molecule has 2 atom stereocenters. The zero-order chi connectivity index (χ0) is 19.2. The number of alkyl halides is 3. The van der Waals surface area contributed by atoms with E-state index in [1.165, 1.54) is 13.2 Å². The molecule has 1 fully saturated rings. The summed E-state index contributed by atoms with van der Waals surface area (Å²) in [5.74, 6) is -0.144. The standard InChI is InChI=1S/C18H25F3N2O3.ClH/c1-13(14-4-3-5-15(10-14)18(19,20)21)23(7-9-25-2)17(24)11-16-12-26-8-6-22-16;/h3-5,10,13,16,22H,6-9,11-12H2,1-2H3;1H. The van der Waals surface area contributed by atoms with Crippen LogP contribution in [-0.4, -0.2) is 56.9 Å². The Morgan fingerprint density at radius 1 is 1.44 bits per heavy atom. The summed E-state index contributed by atoms with van der Waals surface area (Å²) >= 11 is 0. The Morgan fingerprint density at radius 2 is 2.19 bits per heavy atom. The molecule has 5 nitrogen and oxygen atoms in total. The van der Waals surface area contributed by atoms with Gasteiger partial charge in [-0.1, -0.05) is 12.1 Å². The molecular formula is C18H26ClF3N2O3. The maximum atomic E-state index is 13.0. The zero-order valence-corrected chi connectivity index (χ0v) is 16.2. The zero-order valence-electron chi connectivity index (χ0n) is 15.4. The Labute approximate surface area is 163 Å². The highest BCUT2D eigenvalue weighted by Gasteiger charge is 2.32. The first kappa shape index (κ1) is 23.7. The minimum atomic E-state index is -4.42. The number of hydrogen-bond acceptors (Lipinski definition) is 4. The molecule has 1 heterocycles. The quantitative estimate of drug-likeness (QED) is 0.750. The van der Waals surface area contributed by atoms with Crippen LogP contribution in [0.4, 0.5) is 13.2 Å². The molecule has 1 aromatic carbocycles. The predicted octanol–water partition coefficient (Wildman–Crippen LogP) is 3.04. The molecule has 1 N–H and O–H groups in total. The van der Waals surface area contributed by atoms with E-state index < -0.39 is 17.8 Å². The number of carbonyl (C=O) groups is 1. The molecule has 1 aliphatic rings. The minimum absolute atomic E-state index is 0. The fourth-order valence-corrected chi connectivity index (χ4v) is 2.96. The first-order chi connectivity index (χ1) is 12.3. The first-order valence-corrected chi connectivity index (χ1v) is 8.59. The molecule has 1 aromatic rings. The Hall–Kier alpha value is -1.35. The summed E-state index contributed by atoms with van der Waals surface area (Å²) in [5.41, 5.74) is -0.277. The number of methoxy groups -OCH3 is 1. The SMILES string of the molecule is COCCN(C(=O)CC1COCCN1)C(C)c1cccc(C(F)(F)F)c1.Cl. The van der Waals surface area contributed by atoms with Crippen molar-refractivity contribution in [1.29, 1.82) is 0 Å². The van der Waals surface area contributed by atoms with E-state index in [2.05, 4.69) is 5.32 Å². The topological polar surface area (TPSA) is 50.8 Å². The van der Waals surface area contributed by atoms with Crippen LogP contribution < -0.4 is 5.32 Å². The Kier molecular flexibility index (Phi) is 9.52. The summed E-state index contributed by atoms with van der Waals surface area (Å²) in [4.78, 5) is 14.3. The highest BCUT2D eigenvalue weighted by molar-refractivity contribution is 5.85. The highest BCUT2D eigenvalue weighted by Crippen LogP contribution is 2.32. The normalized spacial score (nSPS) is 18.5. The van der Waals surface area contributed by atoms with Crippen LogP contribution in [0.15, 0.2) is 24.3 Å². The minimum Gasteiger partial charge on any atom is -0.383 e. The third-order valence-electron chi connectivity index (χ3n) is 4.44. The van der Waals surface area contributed by atoms with Crippen molar-refractivity contribution in [2.75, 3.05) is 40.0 Å². The summed E-state index contributed by atoms with van der Waals surface area (Å²) in [6.07, 6.45) is -4.19. The molecule has 154 valence electrons. The van der Waals surface area contributed by atoms with Gasteiger partial charge in [-0.15, -0.1) is 12.4 Å². The van der Waals surface area contributed by atoms with E-state index in [9.17, 15) is 18.0 Å². The van der Waals surface area contributed by atoms with E-state index in [0.29, 0.717) is 38.5 Å². The van der Waals surface area contributed by atoms with Crippen LogP contribution in [-0.2, 0) is 20.4 Å². The van der Waals surface area contributed by atoms with Crippen molar-refractivity contribution in [3.63, 3.8) is 0 Å². The monoisotopic (exact) mass is 410 g/mol. The van der Waals surface area contributed by atoms with Crippen LogP contribution in [0.3, 0.4) is 0 Å². The lowest BCUT2D eigenvalue weighted by atomic mass is 10.0. The van der Waals surface area contributed by atoms with Gasteiger partial charge in [-0.05, 0) is 24.6 Å². The third-order valence-corrected chi connectivity index (χ3v) is 4.44. The van der Waals surface area contributed by atoms with Crippen molar-refractivity contribution in [3.8, 4) is 0 Å². The molecule has 1 saturated heterocycles. The Bertz CT molecular complexity index is 595. The van der Waals surface area contributed by atoms with Gasteiger partial charge in [0.25, 0.3) is 0 Å². The van der Waals surface area contributed by atoms with Gasteiger partial charge >= 0.3 is 6.18 Å². The predicted molar refractivity (Wildman–Crippen MR) is 97.9 cm³/mol. The molecule has 27 heavy (non-hydrogen) atoms. The van der Waals surface area contributed by atoms with Gasteiger partial charge < -0.3 is 19.7 Å². The van der Waals surface area contributed by atoms with Crippen LogP contribution in [0.5, 0.6) is 0 Å². The second kappa shape index (κ2) is 10.8. The lowest BCUT2D eigenvalue weighted by Gasteiger charge is -2.32. The number of nitrogens with one attached hydrogen (secondary N) is 1. The summed E-state index contributed by atoms with van der Waals surface area (Å²) < 4.78 is 49.4. The van der Waals surface area contributed by atoms with Crippen LogP contribution in [0, 0.1) is 0 Å². The number of hydrogen-bond donors (Lipinski definition) is 1. The van der Waals surface area contributed by atoms with Crippen molar-refractivity contribution in [2.45, 2.75) is 31.6 Å². The van der Waals surface area contributed by atoms with Crippen molar-refractivity contribution >= 4 is 18.3 Å². The van der Waals surface area contributed by atoms with Crippen LogP contribution >= 0.6 is 12.4 Å². The number of amides is 1. The molecule has 0 saturated carbocycles. The van der Waals surface area contributed by atoms with Gasteiger partial charge in [-0.3, -0.25) is 4.79 Å². The molecule has 0 aromatic heterocycles. The number of morpholine rings is 1. The van der Waals surface area contributed by atoms with Gasteiger partial charge in [0.15, 0.2) is 0 Å². The second-order valence-electron chi connectivity index (χ2n) is 6.31. The average Bonchev–Trinajstić information content (AvgIpc) is 2.62. The van der Waals surface area contributed by atoms with Crippen molar-refractivity contribution in [3.05, 3.63) is 35.4 Å². The average molecular weight is 411 g/mol. The lowest BCUT2D eigenvalue weighted by Crippen LogP contribution is -2.46. The molecule has 0 aliphatic carbocycles. The molecule has 0 radical (unpaired) electrons. The van der Waals surface area contributed by atoms with Gasteiger partial charge in [0.05, 0.1) is 31.4 Å². The van der Waals surface area contributed by atoms with Crippen molar-refractivity contribution in [1.82, 2.24) is 10.2 Å². The molecule has 1 amide bonds. The molecule has 0 spiro atoms. The van der Waals surface area contributed by atoms with Crippen LogP contribution in [0.1, 0.15) is 30.5 Å². The maximum Gasteiger partial charge on any atom is 0.416 e. The third kappa shape index (κ3) is 6.95. The lowest BCUT2D eigenvalue weighted by molar-refractivity contribution is -0.137. The number of halogens is 4. The summed E-state index contributed by atoms with van der Waals surface area (Å²) in [5, 5.41) is 3.22. The summed E-state index contributed by atoms with van der Waals surface area (Å²) in [6.45, 7) is 4.08. The maximum absolute atomic E-state index is 13.0. The molecule has 0 bridgehead atoms. The Morgan fingerprint density at radius 3 is 2.78 bits per heavy atom. The molecule has 9 heteroatoms. The second-order valence-corrected chi connectivity index (χ2v) is 6.31. The first-order valence-electron chi connectivity index (χ1n) is 8.59. The van der Waals surface area contributed by atoms with E-state index in [1.54, 1.807) is 17.9 Å². The number of carbonyl (C=O) groups excluding carboxylic acids is 1. The largest absolute Gasteiger partial charge is 0.416 e. The van der Waals surface area contributed by atoms with Gasteiger partial charge in [-0.25, -0.2) is 0 Å². The Balaban J connectivity index is 0.00000364. The molecular weight excluding hydrogens is 385 g/mol. The van der Waals surface area contributed by atoms with Gasteiger partial charge in [0.1, 0.15) is 0 Å². The number of nitrogens with zero attached hydrogens (tertiary/aromatic N) is 1. The van der Waals surface area contributed by atoms with Gasteiger partial charge in [0.2, 0.25) is 5.91 Å². The van der Waals surface area contributed by atoms with Crippen molar-refractivity contribution in [2.24, 2.45) is 0 Å². The van der Waals surface area contributed by atoms with E-state index in [1.807, 2.05) is 0 Å². The van der Waals surface area contributed by atoms with Crippen LogP contribution in [0.2, 0.25) is 0 Å². The summed E-state index contributed by atoms with van der Waals surface area (Å²) in [7, 11) is 1.52. The van der Waals surface area contributed by atoms with E-state index in [0.717, 1.165) is 12.1 Å². The van der Waals surface area contributed by atoms with Crippen molar-refractivity contribution < 1.29 is 27.4 Å². The van der Waals surface area contributed by atoms with E-state index in [-0.39, 0.29) is 30.8 Å². The number of benzene rings is 1. The molecule has 2 rings (SSSR count). The van der Waals surface area contributed by atoms with E-state index in [4.69, 9.17) is 9.47 Å². The fourth-order valence-electron chi connectivity index (χ4n) is 2.96.